The van der Waals surface area contributed by atoms with E-state index in [0.29, 0.717) is 17.4 Å². The maximum absolute atomic E-state index is 5.73. The third kappa shape index (κ3) is 2.85. The second-order valence-corrected chi connectivity index (χ2v) is 2.46. The van der Waals surface area contributed by atoms with Gasteiger partial charge in [0.1, 0.15) is 0 Å². The lowest BCUT2D eigenvalue weighted by molar-refractivity contribution is 0.396. The summed E-state index contributed by atoms with van der Waals surface area (Å²) in [5, 5.41) is 0.595. The van der Waals surface area contributed by atoms with E-state index in [4.69, 9.17) is 22.1 Å². The molecule has 68 valence electrons. The summed E-state index contributed by atoms with van der Waals surface area (Å²) in [7, 11) is 1.54. The normalized spacial score (nSPS) is 8.92. The fourth-order valence-electron chi connectivity index (χ4n) is 0.734. The fraction of sp³-hybridized carbons (Fsp3) is 0.286. The Labute approximate surface area is 82.3 Å². The number of pyridine rings is 1. The smallest absolute Gasteiger partial charge is 0.214 e. The molecule has 0 aromatic carbocycles. The van der Waals surface area contributed by atoms with Crippen molar-refractivity contribution in [2.75, 3.05) is 7.11 Å². The monoisotopic (exact) mass is 208 g/mol. The Kier molecular flexibility index (Phi) is 4.97. The number of rotatable bonds is 2. The van der Waals surface area contributed by atoms with Crippen molar-refractivity contribution < 1.29 is 4.74 Å². The fourth-order valence-corrected chi connectivity index (χ4v) is 0.953. The lowest BCUT2D eigenvalue weighted by atomic mass is 10.3. The van der Waals surface area contributed by atoms with Gasteiger partial charge in [0.15, 0.2) is 0 Å². The van der Waals surface area contributed by atoms with Gasteiger partial charge in [-0.05, 0) is 6.07 Å². The molecule has 0 fully saturated rings. The van der Waals surface area contributed by atoms with E-state index < -0.39 is 0 Å². The molecule has 0 saturated heterocycles. The van der Waals surface area contributed by atoms with Gasteiger partial charge in [0.25, 0.3) is 0 Å². The van der Waals surface area contributed by atoms with E-state index in [1.807, 2.05) is 0 Å². The molecule has 0 aliphatic heterocycles. The first-order valence-electron chi connectivity index (χ1n) is 3.17. The van der Waals surface area contributed by atoms with Crippen LogP contribution in [0.25, 0.3) is 0 Å². The van der Waals surface area contributed by atoms with Crippen LogP contribution >= 0.6 is 24.0 Å². The highest BCUT2D eigenvalue weighted by Gasteiger charge is 1.98. The van der Waals surface area contributed by atoms with Crippen LogP contribution in [0.3, 0.4) is 0 Å². The molecule has 5 heteroatoms. The number of nitrogens with zero attached hydrogens (tertiary/aromatic N) is 1. The van der Waals surface area contributed by atoms with Crippen molar-refractivity contribution in [2.24, 2.45) is 5.73 Å². The molecule has 0 unspecified atom stereocenters. The van der Waals surface area contributed by atoms with Crippen LogP contribution in [0.2, 0.25) is 5.02 Å². The molecule has 12 heavy (non-hydrogen) atoms. The molecule has 1 heterocycles. The SMILES string of the molecule is COc1cc(Cl)cc(CN)n1.Cl. The Hall–Kier alpha value is -0.510. The van der Waals surface area contributed by atoms with Crippen LogP contribution in [0.5, 0.6) is 5.88 Å². The highest BCUT2D eigenvalue weighted by molar-refractivity contribution is 6.30. The number of hydrogen-bond donors (Lipinski definition) is 1. The van der Waals surface area contributed by atoms with Crippen LogP contribution in [0.15, 0.2) is 12.1 Å². The van der Waals surface area contributed by atoms with Gasteiger partial charge in [-0.3, -0.25) is 0 Å². The summed E-state index contributed by atoms with van der Waals surface area (Å²) in [6.07, 6.45) is 0. The zero-order valence-electron chi connectivity index (χ0n) is 6.58. The van der Waals surface area contributed by atoms with E-state index >= 15 is 0 Å². The van der Waals surface area contributed by atoms with E-state index in [2.05, 4.69) is 4.98 Å². The first-order chi connectivity index (χ1) is 5.26. The summed E-state index contributed by atoms with van der Waals surface area (Å²) in [6, 6.07) is 3.35. The van der Waals surface area contributed by atoms with Gasteiger partial charge >= 0.3 is 0 Å². The van der Waals surface area contributed by atoms with E-state index in [1.165, 1.54) is 0 Å². The molecular formula is C7H10Cl2N2O. The Bertz CT molecular complexity index is 233. The highest BCUT2D eigenvalue weighted by atomic mass is 35.5. The third-order valence-electron chi connectivity index (χ3n) is 1.24. The molecule has 0 spiro atoms. The second kappa shape index (κ2) is 5.19. The maximum Gasteiger partial charge on any atom is 0.214 e. The third-order valence-corrected chi connectivity index (χ3v) is 1.46. The van der Waals surface area contributed by atoms with Gasteiger partial charge < -0.3 is 10.5 Å². The summed E-state index contributed by atoms with van der Waals surface area (Å²) in [6.45, 7) is 0.372. The van der Waals surface area contributed by atoms with Crippen LogP contribution in [0.4, 0.5) is 0 Å². The summed E-state index contributed by atoms with van der Waals surface area (Å²) < 4.78 is 4.89. The van der Waals surface area contributed by atoms with Crippen molar-refractivity contribution in [2.45, 2.75) is 6.54 Å². The van der Waals surface area contributed by atoms with Crippen LogP contribution in [0, 0.1) is 0 Å². The second-order valence-electron chi connectivity index (χ2n) is 2.02. The average molecular weight is 209 g/mol. The average Bonchev–Trinajstić information content (AvgIpc) is 2.03. The molecule has 0 aliphatic carbocycles. The van der Waals surface area contributed by atoms with Crippen molar-refractivity contribution in [3.63, 3.8) is 0 Å². The lowest BCUT2D eigenvalue weighted by Crippen LogP contribution is -2.00. The molecule has 1 aromatic heterocycles. The predicted octanol–water partition coefficient (Wildman–Crippen LogP) is 1.62. The van der Waals surface area contributed by atoms with Crippen LogP contribution in [-0.2, 0) is 6.54 Å². The van der Waals surface area contributed by atoms with Gasteiger partial charge in [0.2, 0.25) is 5.88 Å². The predicted molar refractivity (Wildman–Crippen MR) is 50.9 cm³/mol. The van der Waals surface area contributed by atoms with Crippen molar-refractivity contribution in [3.05, 3.63) is 22.8 Å². The molecule has 0 atom stereocenters. The summed E-state index contributed by atoms with van der Waals surface area (Å²) in [5.74, 6) is 0.498. The minimum atomic E-state index is 0. The van der Waals surface area contributed by atoms with Crippen molar-refractivity contribution >= 4 is 24.0 Å². The first kappa shape index (κ1) is 11.5. The largest absolute Gasteiger partial charge is 0.481 e. The molecule has 0 aliphatic rings. The highest BCUT2D eigenvalue weighted by Crippen LogP contribution is 2.16. The van der Waals surface area contributed by atoms with E-state index in [9.17, 15) is 0 Å². The topological polar surface area (TPSA) is 48.1 Å². The zero-order valence-corrected chi connectivity index (χ0v) is 8.15. The summed E-state index contributed by atoms with van der Waals surface area (Å²) in [4.78, 5) is 4.04. The van der Waals surface area contributed by atoms with E-state index in [0.717, 1.165) is 5.69 Å². The molecule has 0 bridgehead atoms. The van der Waals surface area contributed by atoms with Gasteiger partial charge in [0.05, 0.1) is 12.8 Å². The number of nitrogens with two attached hydrogens (primary N) is 1. The van der Waals surface area contributed by atoms with Crippen molar-refractivity contribution in [1.29, 1.82) is 0 Å². The minimum Gasteiger partial charge on any atom is -0.481 e. The van der Waals surface area contributed by atoms with Crippen LogP contribution in [0.1, 0.15) is 5.69 Å². The standard InChI is InChI=1S/C7H9ClN2O.ClH/c1-11-7-3-5(8)2-6(4-9)10-7;/h2-3H,4,9H2,1H3;1H. The number of aromatic nitrogens is 1. The molecular weight excluding hydrogens is 199 g/mol. The van der Waals surface area contributed by atoms with Gasteiger partial charge in [-0.1, -0.05) is 11.6 Å². The van der Waals surface area contributed by atoms with E-state index in [-0.39, 0.29) is 12.4 Å². The molecule has 0 radical (unpaired) electrons. The quantitative estimate of drug-likeness (QED) is 0.805. The van der Waals surface area contributed by atoms with Crippen LogP contribution < -0.4 is 10.5 Å². The molecule has 1 rings (SSSR count). The first-order valence-corrected chi connectivity index (χ1v) is 3.54. The summed E-state index contributed by atoms with van der Waals surface area (Å²) >= 11 is 5.73. The van der Waals surface area contributed by atoms with Gasteiger partial charge in [-0.25, -0.2) is 4.98 Å². The molecule has 2 N–H and O–H groups in total. The Morgan fingerprint density at radius 1 is 1.58 bits per heavy atom. The Morgan fingerprint density at radius 2 is 2.25 bits per heavy atom. The van der Waals surface area contributed by atoms with Gasteiger partial charge in [-0.15, -0.1) is 12.4 Å². The number of ether oxygens (including phenoxy) is 1. The van der Waals surface area contributed by atoms with Crippen molar-refractivity contribution in [1.82, 2.24) is 4.98 Å². The summed E-state index contributed by atoms with van der Waals surface area (Å²) in [5.41, 5.74) is 6.10. The lowest BCUT2D eigenvalue weighted by Gasteiger charge is -2.01. The van der Waals surface area contributed by atoms with Gasteiger partial charge in [0, 0.05) is 17.6 Å². The zero-order chi connectivity index (χ0) is 8.27. The molecule has 1 aromatic rings. The Balaban J connectivity index is 0.00000121. The van der Waals surface area contributed by atoms with E-state index in [1.54, 1.807) is 19.2 Å². The number of methoxy groups -OCH3 is 1. The van der Waals surface area contributed by atoms with Gasteiger partial charge in [-0.2, -0.15) is 0 Å². The minimum absolute atomic E-state index is 0. The van der Waals surface area contributed by atoms with Crippen molar-refractivity contribution in [3.8, 4) is 5.88 Å². The van der Waals surface area contributed by atoms with Crippen LogP contribution in [-0.4, -0.2) is 12.1 Å². The maximum atomic E-state index is 5.73. The Morgan fingerprint density at radius 3 is 2.75 bits per heavy atom. The number of hydrogen-bond acceptors (Lipinski definition) is 3. The molecule has 3 nitrogen and oxygen atoms in total. The number of halogens is 2. The molecule has 0 saturated carbocycles. The molecule has 0 amide bonds.